The van der Waals surface area contributed by atoms with Gasteiger partial charge in [-0.1, -0.05) is 96.0 Å². The largest absolute Gasteiger partial charge is 0.505 e. The van der Waals surface area contributed by atoms with E-state index < -0.39 is 11.8 Å². The predicted molar refractivity (Wildman–Crippen MR) is 240 cm³/mol. The maximum Gasteiger partial charge on any atom is 0.259 e. The number of aromatic hydroxyl groups is 2. The summed E-state index contributed by atoms with van der Waals surface area (Å²) in [7, 11) is 0. The number of amides is 2. The molecule has 2 amide bonds. The van der Waals surface area contributed by atoms with Gasteiger partial charge in [0, 0.05) is 32.2 Å². The molecule has 294 valence electrons. The van der Waals surface area contributed by atoms with Crippen molar-refractivity contribution in [3.8, 4) is 22.6 Å². The van der Waals surface area contributed by atoms with Gasteiger partial charge in [0.15, 0.2) is 11.5 Å². The SMILES string of the molecule is Cc1cc(Cl)ccc1N=Nc1c(O)c(C(=O)Nc2ccc(-c3ccc(NC(=O)c4cc5ccccc5c(N=Nc5ccc(Cl)cc5C)c4O)cc3)cc2)cc2ccccc12. The summed E-state index contributed by atoms with van der Waals surface area (Å²) in [6, 6.07) is 42.8. The first kappa shape index (κ1) is 39.4. The molecule has 0 saturated carbocycles. The van der Waals surface area contributed by atoms with Crippen LogP contribution in [0.3, 0.4) is 0 Å². The van der Waals surface area contributed by atoms with Gasteiger partial charge in [-0.2, -0.15) is 10.2 Å². The van der Waals surface area contributed by atoms with Gasteiger partial charge in [-0.05, 0) is 120 Å². The number of phenols is 2. The molecule has 0 radical (unpaired) electrons. The third-order valence-corrected chi connectivity index (χ3v) is 10.4. The Balaban J connectivity index is 0.976. The zero-order chi connectivity index (χ0) is 41.9. The van der Waals surface area contributed by atoms with Gasteiger partial charge < -0.3 is 20.8 Å². The Kier molecular flexibility index (Phi) is 11.1. The third-order valence-electron chi connectivity index (χ3n) is 9.93. The second kappa shape index (κ2) is 16.8. The number of benzene rings is 8. The molecule has 8 aromatic rings. The average Bonchev–Trinajstić information content (AvgIpc) is 3.24. The molecule has 0 heterocycles. The van der Waals surface area contributed by atoms with Crippen LogP contribution in [0.25, 0.3) is 32.7 Å². The molecule has 8 aromatic carbocycles. The van der Waals surface area contributed by atoms with E-state index in [0.717, 1.165) is 22.3 Å². The number of nitrogens with one attached hydrogen (secondary N) is 2. The van der Waals surface area contributed by atoms with Gasteiger partial charge >= 0.3 is 0 Å². The smallest absolute Gasteiger partial charge is 0.259 e. The first-order valence-corrected chi connectivity index (χ1v) is 19.5. The van der Waals surface area contributed by atoms with E-state index >= 15 is 0 Å². The monoisotopic (exact) mass is 828 g/mol. The second-order valence-electron chi connectivity index (χ2n) is 14.0. The minimum absolute atomic E-state index is 0.0443. The molecule has 0 aliphatic rings. The van der Waals surface area contributed by atoms with E-state index in [1.807, 2.05) is 86.6 Å². The van der Waals surface area contributed by atoms with Crippen molar-refractivity contribution in [2.24, 2.45) is 20.5 Å². The summed E-state index contributed by atoms with van der Waals surface area (Å²) in [6.45, 7) is 3.72. The second-order valence-corrected chi connectivity index (χ2v) is 14.9. The standard InChI is InChI=1S/C48H34Cl2N6O4/c1-27-23-33(49)15-21-41(27)53-55-43-37-9-5-3-7-31(37)25-39(45(43)57)47(59)51-35-17-11-29(12-18-35)30-13-19-36(20-14-30)52-48(60)40-26-32-8-4-6-10-38(32)44(46(40)58)56-54-42-22-16-34(50)24-28(42)2/h3-26,57-58H,1-2H3,(H,51,59)(H,52,60). The molecule has 0 fully saturated rings. The fourth-order valence-corrected chi connectivity index (χ4v) is 7.20. The predicted octanol–water partition coefficient (Wildman–Crippen LogP) is 14.3. The lowest BCUT2D eigenvalue weighted by molar-refractivity contribution is 0.101. The Morgan fingerprint density at radius 3 is 1.25 bits per heavy atom. The summed E-state index contributed by atoms with van der Waals surface area (Å²) in [4.78, 5) is 27.2. The lowest BCUT2D eigenvalue weighted by Crippen LogP contribution is -2.12. The van der Waals surface area contributed by atoms with E-state index in [1.165, 1.54) is 0 Å². The number of carbonyl (C=O) groups excluding carboxylic acids is 2. The third kappa shape index (κ3) is 8.28. The van der Waals surface area contributed by atoms with Crippen molar-refractivity contribution in [2.75, 3.05) is 10.6 Å². The highest BCUT2D eigenvalue weighted by Crippen LogP contribution is 2.42. The van der Waals surface area contributed by atoms with E-state index in [1.54, 1.807) is 72.8 Å². The highest BCUT2D eigenvalue weighted by Gasteiger charge is 2.21. The summed E-state index contributed by atoms with van der Waals surface area (Å²) in [5.74, 6) is -1.63. The Morgan fingerprint density at radius 1 is 0.483 bits per heavy atom. The van der Waals surface area contributed by atoms with Crippen molar-refractivity contribution in [1.82, 2.24) is 0 Å². The van der Waals surface area contributed by atoms with E-state index in [4.69, 9.17) is 23.2 Å². The highest BCUT2D eigenvalue weighted by molar-refractivity contribution is 6.31. The molecule has 4 N–H and O–H groups in total. The minimum atomic E-state index is -0.519. The number of aryl methyl sites for hydroxylation is 2. The molecule has 10 nitrogen and oxygen atoms in total. The van der Waals surface area contributed by atoms with Gasteiger partial charge in [-0.25, -0.2) is 0 Å². The van der Waals surface area contributed by atoms with Crippen LogP contribution in [-0.2, 0) is 0 Å². The molecule has 0 unspecified atom stereocenters. The number of hydrogen-bond donors (Lipinski definition) is 4. The molecule has 0 aromatic heterocycles. The van der Waals surface area contributed by atoms with E-state index in [2.05, 4.69) is 31.1 Å². The Bertz CT molecular complexity index is 2830. The van der Waals surface area contributed by atoms with Gasteiger partial charge in [0.05, 0.1) is 22.5 Å². The molecule has 0 bridgehead atoms. The first-order chi connectivity index (χ1) is 29.0. The van der Waals surface area contributed by atoms with Crippen molar-refractivity contribution in [2.45, 2.75) is 13.8 Å². The van der Waals surface area contributed by atoms with Crippen LogP contribution in [-0.4, -0.2) is 22.0 Å². The minimum Gasteiger partial charge on any atom is -0.505 e. The summed E-state index contributed by atoms with van der Waals surface area (Å²) in [6.07, 6.45) is 0. The average molecular weight is 830 g/mol. The highest BCUT2D eigenvalue weighted by atomic mass is 35.5. The van der Waals surface area contributed by atoms with Gasteiger partial charge in [-0.3, -0.25) is 9.59 Å². The molecule has 60 heavy (non-hydrogen) atoms. The Morgan fingerprint density at radius 2 is 0.867 bits per heavy atom. The van der Waals surface area contributed by atoms with Crippen molar-refractivity contribution in [1.29, 1.82) is 0 Å². The number of azo groups is 2. The van der Waals surface area contributed by atoms with Crippen LogP contribution in [0.2, 0.25) is 10.0 Å². The molecule has 8 rings (SSSR count). The fraction of sp³-hybridized carbons (Fsp3) is 0.0417. The quantitative estimate of drug-likeness (QED) is 0.107. The maximum atomic E-state index is 13.6. The van der Waals surface area contributed by atoms with Gasteiger partial charge in [-0.15, -0.1) is 10.2 Å². The van der Waals surface area contributed by atoms with Crippen molar-refractivity contribution < 1.29 is 19.8 Å². The van der Waals surface area contributed by atoms with Crippen LogP contribution >= 0.6 is 23.2 Å². The number of rotatable bonds is 9. The van der Waals surface area contributed by atoms with Crippen LogP contribution in [0, 0.1) is 13.8 Å². The van der Waals surface area contributed by atoms with E-state index in [0.29, 0.717) is 54.3 Å². The molecule has 0 atom stereocenters. The number of fused-ring (bicyclic) bond motifs is 2. The van der Waals surface area contributed by atoms with Crippen LogP contribution in [0.5, 0.6) is 11.5 Å². The Hall–Kier alpha value is -7.40. The lowest BCUT2D eigenvalue weighted by Gasteiger charge is -2.12. The first-order valence-electron chi connectivity index (χ1n) is 18.7. The number of halogens is 2. The van der Waals surface area contributed by atoms with E-state index in [-0.39, 0.29) is 34.0 Å². The molecule has 0 saturated heterocycles. The van der Waals surface area contributed by atoms with Gasteiger partial charge in [0.1, 0.15) is 11.4 Å². The van der Waals surface area contributed by atoms with Gasteiger partial charge in [0.25, 0.3) is 11.8 Å². The summed E-state index contributed by atoms with van der Waals surface area (Å²) < 4.78 is 0. The van der Waals surface area contributed by atoms with Gasteiger partial charge in [0.2, 0.25) is 0 Å². The van der Waals surface area contributed by atoms with Crippen molar-refractivity contribution in [3.05, 3.63) is 178 Å². The topological polar surface area (TPSA) is 148 Å². The van der Waals surface area contributed by atoms with Crippen LogP contribution < -0.4 is 10.6 Å². The molecule has 0 aliphatic heterocycles. The molecule has 0 spiro atoms. The zero-order valence-electron chi connectivity index (χ0n) is 32.1. The maximum absolute atomic E-state index is 13.6. The fourth-order valence-electron chi connectivity index (χ4n) is 6.74. The Labute approximate surface area is 354 Å². The molecule has 12 heteroatoms. The molecular weight excluding hydrogens is 795 g/mol. The van der Waals surface area contributed by atoms with Crippen LogP contribution in [0.15, 0.2) is 166 Å². The van der Waals surface area contributed by atoms with Crippen LogP contribution in [0.4, 0.5) is 34.1 Å². The summed E-state index contributed by atoms with van der Waals surface area (Å²) in [5, 5.41) is 49.7. The lowest BCUT2D eigenvalue weighted by atomic mass is 10.0. The number of nitrogens with zero attached hydrogens (tertiary/aromatic N) is 4. The van der Waals surface area contributed by atoms with Crippen LogP contribution in [0.1, 0.15) is 31.8 Å². The zero-order valence-corrected chi connectivity index (χ0v) is 33.6. The van der Waals surface area contributed by atoms with Crippen molar-refractivity contribution >= 4 is 90.7 Å². The summed E-state index contributed by atoms with van der Waals surface area (Å²) >= 11 is 12.2. The van der Waals surface area contributed by atoms with E-state index in [9.17, 15) is 19.8 Å². The number of anilines is 2. The number of phenolic OH excluding ortho intramolecular Hbond substituents is 2. The number of hydrogen-bond acceptors (Lipinski definition) is 8. The normalized spacial score (nSPS) is 11.5. The molecular formula is C48H34Cl2N6O4. The summed E-state index contributed by atoms with van der Waals surface area (Å²) in [5.41, 5.74) is 5.97. The van der Waals surface area contributed by atoms with Crippen molar-refractivity contribution in [3.63, 3.8) is 0 Å². The molecule has 0 aliphatic carbocycles. The number of carbonyl (C=O) groups is 2.